The molecule has 0 bridgehead atoms. The van der Waals surface area contributed by atoms with Crippen LogP contribution in [0.4, 0.5) is 0 Å². The number of rotatable bonds is 9. The summed E-state index contributed by atoms with van der Waals surface area (Å²) in [6, 6.07) is 0.555. The van der Waals surface area contributed by atoms with Crippen molar-refractivity contribution in [3.05, 3.63) is 0 Å². The molecule has 0 radical (unpaired) electrons. The Morgan fingerprint density at radius 2 is 2.21 bits per heavy atom. The Labute approximate surface area is 117 Å². The molecule has 0 aromatic carbocycles. The van der Waals surface area contributed by atoms with Gasteiger partial charge in [0.25, 0.3) is 0 Å². The van der Waals surface area contributed by atoms with Gasteiger partial charge in [-0.1, -0.05) is 6.42 Å². The van der Waals surface area contributed by atoms with Gasteiger partial charge in [0.1, 0.15) is 0 Å². The first-order chi connectivity index (χ1) is 9.18. The third kappa shape index (κ3) is 9.00. The Morgan fingerprint density at radius 3 is 2.89 bits per heavy atom. The van der Waals surface area contributed by atoms with E-state index < -0.39 is 0 Å². The maximum absolute atomic E-state index is 11.7. The van der Waals surface area contributed by atoms with Gasteiger partial charge in [0.15, 0.2) is 0 Å². The average molecular weight is 270 g/mol. The lowest BCUT2D eigenvalue weighted by Gasteiger charge is -2.23. The number of unbranched alkanes of at least 4 members (excludes halogenated alkanes) is 1. The lowest BCUT2D eigenvalue weighted by Crippen LogP contribution is -2.35. The fourth-order valence-electron chi connectivity index (χ4n) is 2.34. The van der Waals surface area contributed by atoms with Gasteiger partial charge in [0, 0.05) is 25.6 Å². The minimum atomic E-state index is 0.192. The van der Waals surface area contributed by atoms with Crippen molar-refractivity contribution < 1.29 is 9.53 Å². The fourth-order valence-corrected chi connectivity index (χ4v) is 2.34. The highest BCUT2D eigenvalue weighted by Gasteiger charge is 2.13. The molecule has 1 rings (SSSR count). The van der Waals surface area contributed by atoms with Crippen LogP contribution in [0.3, 0.4) is 0 Å². The molecule has 0 spiro atoms. The van der Waals surface area contributed by atoms with Gasteiger partial charge in [0.05, 0.1) is 6.10 Å². The molecule has 1 aliphatic heterocycles. The number of ether oxygens (including phenoxy) is 1. The summed E-state index contributed by atoms with van der Waals surface area (Å²) >= 11 is 0. The third-order valence-corrected chi connectivity index (χ3v) is 3.48. The number of piperidine rings is 1. The second-order valence-electron chi connectivity index (χ2n) is 5.66. The van der Waals surface area contributed by atoms with E-state index in [2.05, 4.69) is 10.6 Å². The lowest BCUT2D eigenvalue weighted by atomic mass is 10.0. The Bertz CT molecular complexity index is 238. The molecule has 1 fully saturated rings. The molecule has 4 heteroatoms. The van der Waals surface area contributed by atoms with Gasteiger partial charge in [-0.2, -0.15) is 0 Å². The lowest BCUT2D eigenvalue weighted by molar-refractivity contribution is -0.121. The molecule has 1 heterocycles. The summed E-state index contributed by atoms with van der Waals surface area (Å²) in [5.41, 5.74) is 0. The summed E-state index contributed by atoms with van der Waals surface area (Å²) in [5.74, 6) is 0.192. The quantitative estimate of drug-likeness (QED) is 0.632. The number of amides is 1. The van der Waals surface area contributed by atoms with E-state index in [1.807, 2.05) is 13.8 Å². The Balaban J connectivity index is 1.90. The molecule has 1 aliphatic rings. The molecule has 1 atom stereocenters. The van der Waals surface area contributed by atoms with Crippen LogP contribution in [-0.4, -0.2) is 37.7 Å². The third-order valence-electron chi connectivity index (χ3n) is 3.48. The molecule has 0 aromatic heterocycles. The Hall–Kier alpha value is -0.610. The molecule has 0 aliphatic carbocycles. The van der Waals surface area contributed by atoms with E-state index in [0.717, 1.165) is 39.0 Å². The van der Waals surface area contributed by atoms with Gasteiger partial charge in [-0.3, -0.25) is 4.79 Å². The van der Waals surface area contributed by atoms with Crippen molar-refractivity contribution in [1.29, 1.82) is 0 Å². The number of hydrogen-bond donors (Lipinski definition) is 2. The van der Waals surface area contributed by atoms with Gasteiger partial charge >= 0.3 is 0 Å². The van der Waals surface area contributed by atoms with Crippen LogP contribution < -0.4 is 10.6 Å². The molecule has 2 N–H and O–H groups in total. The Kier molecular flexibility index (Phi) is 8.84. The zero-order valence-corrected chi connectivity index (χ0v) is 12.5. The minimum absolute atomic E-state index is 0.192. The van der Waals surface area contributed by atoms with Gasteiger partial charge in [-0.15, -0.1) is 0 Å². The van der Waals surface area contributed by atoms with Crippen LogP contribution in [0.5, 0.6) is 0 Å². The Morgan fingerprint density at radius 1 is 1.37 bits per heavy atom. The summed E-state index contributed by atoms with van der Waals surface area (Å²) in [6.45, 7) is 6.77. The van der Waals surface area contributed by atoms with E-state index in [1.165, 1.54) is 19.3 Å². The molecule has 0 aromatic rings. The van der Waals surface area contributed by atoms with Crippen LogP contribution in [0.25, 0.3) is 0 Å². The summed E-state index contributed by atoms with van der Waals surface area (Å²) < 4.78 is 5.45. The maximum Gasteiger partial charge on any atom is 0.220 e. The van der Waals surface area contributed by atoms with Crippen molar-refractivity contribution in [3.8, 4) is 0 Å². The van der Waals surface area contributed by atoms with E-state index in [4.69, 9.17) is 4.74 Å². The van der Waals surface area contributed by atoms with Crippen molar-refractivity contribution in [3.63, 3.8) is 0 Å². The van der Waals surface area contributed by atoms with Crippen LogP contribution in [0, 0.1) is 0 Å². The van der Waals surface area contributed by atoms with Crippen molar-refractivity contribution in [2.24, 2.45) is 0 Å². The van der Waals surface area contributed by atoms with E-state index in [1.54, 1.807) is 0 Å². The van der Waals surface area contributed by atoms with Crippen LogP contribution in [0.1, 0.15) is 58.8 Å². The number of nitrogens with one attached hydrogen (secondary N) is 2. The van der Waals surface area contributed by atoms with Gasteiger partial charge in [-0.05, 0) is 52.5 Å². The topological polar surface area (TPSA) is 50.4 Å². The zero-order valence-electron chi connectivity index (χ0n) is 12.5. The van der Waals surface area contributed by atoms with E-state index >= 15 is 0 Å². The summed E-state index contributed by atoms with van der Waals surface area (Å²) in [7, 11) is 0. The van der Waals surface area contributed by atoms with Crippen LogP contribution in [0.15, 0.2) is 0 Å². The first-order valence-electron chi connectivity index (χ1n) is 7.80. The first-order valence-corrected chi connectivity index (χ1v) is 7.80. The van der Waals surface area contributed by atoms with Crippen molar-refractivity contribution >= 4 is 5.91 Å². The number of carbonyl (C=O) groups is 1. The number of hydrogen-bond acceptors (Lipinski definition) is 3. The van der Waals surface area contributed by atoms with Gasteiger partial charge < -0.3 is 15.4 Å². The largest absolute Gasteiger partial charge is 0.379 e. The SMILES string of the molecule is CC(C)OCCCCNC(=O)CCC1CCCCN1. The summed E-state index contributed by atoms with van der Waals surface area (Å²) in [5, 5.41) is 6.46. The predicted molar refractivity (Wildman–Crippen MR) is 78.2 cm³/mol. The van der Waals surface area contributed by atoms with E-state index in [9.17, 15) is 4.79 Å². The zero-order chi connectivity index (χ0) is 13.9. The predicted octanol–water partition coefficient (Wildman–Crippen LogP) is 2.23. The standard InChI is InChI=1S/C15H30N2O2/c1-13(2)19-12-6-5-11-17-15(18)9-8-14-7-3-4-10-16-14/h13-14,16H,3-12H2,1-2H3,(H,17,18). The second-order valence-corrected chi connectivity index (χ2v) is 5.66. The second kappa shape index (κ2) is 10.2. The summed E-state index contributed by atoms with van der Waals surface area (Å²) in [4.78, 5) is 11.7. The van der Waals surface area contributed by atoms with Crippen molar-refractivity contribution in [2.75, 3.05) is 19.7 Å². The molecule has 1 saturated heterocycles. The first kappa shape index (κ1) is 16.4. The summed E-state index contributed by atoms with van der Waals surface area (Å²) in [6.07, 6.45) is 7.75. The molecule has 1 unspecified atom stereocenters. The normalized spacial score (nSPS) is 19.6. The molecule has 1 amide bonds. The highest BCUT2D eigenvalue weighted by molar-refractivity contribution is 5.75. The van der Waals surface area contributed by atoms with Crippen LogP contribution >= 0.6 is 0 Å². The average Bonchev–Trinajstić information content (AvgIpc) is 2.41. The molecule has 19 heavy (non-hydrogen) atoms. The molecule has 4 nitrogen and oxygen atoms in total. The van der Waals surface area contributed by atoms with E-state index in [0.29, 0.717) is 18.6 Å². The highest BCUT2D eigenvalue weighted by atomic mass is 16.5. The van der Waals surface area contributed by atoms with Crippen molar-refractivity contribution in [1.82, 2.24) is 10.6 Å². The van der Waals surface area contributed by atoms with Crippen LogP contribution in [0.2, 0.25) is 0 Å². The fraction of sp³-hybridized carbons (Fsp3) is 0.933. The molecular formula is C15H30N2O2. The monoisotopic (exact) mass is 270 g/mol. The van der Waals surface area contributed by atoms with Gasteiger partial charge in [0.2, 0.25) is 5.91 Å². The highest BCUT2D eigenvalue weighted by Crippen LogP contribution is 2.11. The molecule has 0 saturated carbocycles. The maximum atomic E-state index is 11.7. The van der Waals surface area contributed by atoms with Gasteiger partial charge in [-0.25, -0.2) is 0 Å². The minimum Gasteiger partial charge on any atom is -0.379 e. The van der Waals surface area contributed by atoms with Crippen LogP contribution in [-0.2, 0) is 9.53 Å². The van der Waals surface area contributed by atoms with Crippen molar-refractivity contribution in [2.45, 2.75) is 70.9 Å². The smallest absolute Gasteiger partial charge is 0.220 e. The van der Waals surface area contributed by atoms with E-state index in [-0.39, 0.29) is 5.91 Å². The molecular weight excluding hydrogens is 240 g/mol. The number of carbonyl (C=O) groups excluding carboxylic acids is 1. The molecule has 112 valence electrons.